The zero-order chi connectivity index (χ0) is 9.42. The largest absolute Gasteiger partial charge is 0.371 e. The smallest absolute Gasteiger partial charge is 0.155 e. The summed E-state index contributed by atoms with van der Waals surface area (Å²) in [7, 11) is 3.85. The van der Waals surface area contributed by atoms with Crippen LogP contribution in [0.15, 0.2) is 18.2 Å². The average molecular weight is 175 g/mol. The minimum Gasteiger partial charge on any atom is -0.371 e. The lowest BCUT2D eigenvalue weighted by molar-refractivity contribution is 0.799. The number of anilines is 1. The predicted molar refractivity (Wildman–Crippen MR) is 55.0 cm³/mol. The quantitative estimate of drug-likeness (QED) is 0.717. The molecule has 0 amide bonds. The number of rotatable bonds is 1. The minimum absolute atomic E-state index is 0.942. The van der Waals surface area contributed by atoms with Gasteiger partial charge in [-0.1, -0.05) is 6.07 Å². The topological polar surface area (TPSA) is 29.9 Å². The van der Waals surface area contributed by atoms with Crippen LogP contribution < -0.4 is 5.32 Å². The molecule has 0 aliphatic carbocycles. The summed E-state index contributed by atoms with van der Waals surface area (Å²) in [5, 5.41) is 8.61. The highest BCUT2D eigenvalue weighted by Crippen LogP contribution is 2.22. The molecule has 0 bridgehead atoms. The van der Waals surface area contributed by atoms with Crippen LogP contribution in [0.25, 0.3) is 10.9 Å². The van der Waals surface area contributed by atoms with Crippen LogP contribution in [0.1, 0.15) is 5.56 Å². The van der Waals surface area contributed by atoms with Crippen LogP contribution in [0.3, 0.4) is 0 Å². The number of nitrogens with one attached hydrogen (secondary N) is 1. The van der Waals surface area contributed by atoms with Crippen molar-refractivity contribution >= 4 is 16.7 Å². The molecule has 13 heavy (non-hydrogen) atoms. The van der Waals surface area contributed by atoms with E-state index in [4.69, 9.17) is 0 Å². The maximum Gasteiger partial charge on any atom is 0.155 e. The Kier molecular flexibility index (Phi) is 1.72. The summed E-state index contributed by atoms with van der Waals surface area (Å²) in [6.07, 6.45) is 0. The van der Waals surface area contributed by atoms with Gasteiger partial charge in [-0.05, 0) is 24.6 Å². The Morgan fingerprint density at radius 1 is 1.38 bits per heavy atom. The molecule has 0 saturated heterocycles. The van der Waals surface area contributed by atoms with Gasteiger partial charge in [0, 0.05) is 19.5 Å². The number of benzene rings is 1. The molecule has 68 valence electrons. The molecule has 0 aliphatic heterocycles. The van der Waals surface area contributed by atoms with Crippen molar-refractivity contribution in [2.24, 2.45) is 7.05 Å². The Morgan fingerprint density at radius 3 is 2.85 bits per heavy atom. The molecule has 2 rings (SSSR count). The third-order valence-corrected chi connectivity index (χ3v) is 2.24. The van der Waals surface area contributed by atoms with Gasteiger partial charge in [-0.3, -0.25) is 4.68 Å². The lowest BCUT2D eigenvalue weighted by atomic mass is 10.2. The summed E-state index contributed by atoms with van der Waals surface area (Å²) in [4.78, 5) is 0. The van der Waals surface area contributed by atoms with Gasteiger partial charge in [0.15, 0.2) is 5.82 Å². The van der Waals surface area contributed by atoms with E-state index in [2.05, 4.69) is 35.5 Å². The first-order valence-electron chi connectivity index (χ1n) is 4.33. The first-order valence-corrected chi connectivity index (χ1v) is 4.33. The highest BCUT2D eigenvalue weighted by molar-refractivity contribution is 5.90. The molecule has 1 N–H and O–H groups in total. The number of aryl methyl sites for hydroxylation is 2. The fourth-order valence-electron chi connectivity index (χ4n) is 1.55. The molecule has 0 atom stereocenters. The average Bonchev–Trinajstić information content (AvgIpc) is 2.43. The monoisotopic (exact) mass is 175 g/mol. The van der Waals surface area contributed by atoms with Gasteiger partial charge in [0.25, 0.3) is 0 Å². The Labute approximate surface area is 77.4 Å². The molecule has 0 radical (unpaired) electrons. The third-order valence-electron chi connectivity index (χ3n) is 2.24. The Hall–Kier alpha value is -1.51. The van der Waals surface area contributed by atoms with Gasteiger partial charge in [0.2, 0.25) is 0 Å². The van der Waals surface area contributed by atoms with Crippen LogP contribution in [0.4, 0.5) is 5.82 Å². The lowest BCUT2D eigenvalue weighted by Gasteiger charge is -1.95. The molecule has 0 fully saturated rings. The molecule has 0 unspecified atom stereocenters. The molecular weight excluding hydrogens is 162 g/mol. The van der Waals surface area contributed by atoms with Crippen molar-refractivity contribution in [1.82, 2.24) is 9.78 Å². The normalized spacial score (nSPS) is 10.7. The molecule has 1 aromatic heterocycles. The molecule has 1 heterocycles. The van der Waals surface area contributed by atoms with E-state index in [0.29, 0.717) is 0 Å². The maximum absolute atomic E-state index is 4.35. The minimum atomic E-state index is 0.942. The van der Waals surface area contributed by atoms with Crippen LogP contribution in [-0.2, 0) is 7.05 Å². The fraction of sp³-hybridized carbons (Fsp3) is 0.300. The standard InChI is InChI=1S/C10H13N3/c1-7-4-5-8-9(6-7)13(3)12-10(8)11-2/h4-6H,1-3H3,(H,11,12). The van der Waals surface area contributed by atoms with Crippen LogP contribution in [0, 0.1) is 6.92 Å². The second kappa shape index (κ2) is 2.76. The van der Waals surface area contributed by atoms with Crippen molar-refractivity contribution < 1.29 is 0 Å². The van der Waals surface area contributed by atoms with Gasteiger partial charge in [-0.2, -0.15) is 5.10 Å². The molecule has 3 heteroatoms. The van der Waals surface area contributed by atoms with Gasteiger partial charge in [-0.25, -0.2) is 0 Å². The van der Waals surface area contributed by atoms with E-state index in [1.54, 1.807) is 0 Å². The van der Waals surface area contributed by atoms with Crippen molar-refractivity contribution in [3.63, 3.8) is 0 Å². The molecular formula is C10H13N3. The second-order valence-electron chi connectivity index (χ2n) is 3.24. The number of aromatic nitrogens is 2. The lowest BCUT2D eigenvalue weighted by Crippen LogP contribution is -1.92. The Bertz CT molecular complexity index is 443. The SMILES string of the molecule is CNc1nn(C)c2cc(C)ccc12. The molecule has 0 aliphatic rings. The summed E-state index contributed by atoms with van der Waals surface area (Å²) in [6.45, 7) is 2.09. The number of hydrogen-bond acceptors (Lipinski definition) is 2. The van der Waals surface area contributed by atoms with Crippen molar-refractivity contribution in [1.29, 1.82) is 0 Å². The van der Waals surface area contributed by atoms with Gasteiger partial charge in [-0.15, -0.1) is 0 Å². The van der Waals surface area contributed by atoms with Gasteiger partial charge >= 0.3 is 0 Å². The number of fused-ring (bicyclic) bond motifs is 1. The first kappa shape index (κ1) is 8.10. The molecule has 0 spiro atoms. The highest BCUT2D eigenvalue weighted by Gasteiger charge is 2.05. The first-order chi connectivity index (χ1) is 6.22. The van der Waals surface area contributed by atoms with Crippen LogP contribution in [0.5, 0.6) is 0 Å². The number of nitrogens with zero attached hydrogens (tertiary/aromatic N) is 2. The van der Waals surface area contributed by atoms with E-state index < -0.39 is 0 Å². The van der Waals surface area contributed by atoms with Gasteiger partial charge in [0.1, 0.15) is 0 Å². The predicted octanol–water partition coefficient (Wildman–Crippen LogP) is 1.92. The van der Waals surface area contributed by atoms with E-state index >= 15 is 0 Å². The van der Waals surface area contributed by atoms with E-state index in [1.807, 2.05) is 18.8 Å². The summed E-state index contributed by atoms with van der Waals surface area (Å²) in [5.41, 5.74) is 2.43. The van der Waals surface area contributed by atoms with Crippen molar-refractivity contribution in [2.45, 2.75) is 6.92 Å². The van der Waals surface area contributed by atoms with E-state index in [9.17, 15) is 0 Å². The van der Waals surface area contributed by atoms with Gasteiger partial charge in [0.05, 0.1) is 5.52 Å². The second-order valence-corrected chi connectivity index (χ2v) is 3.24. The highest BCUT2D eigenvalue weighted by atomic mass is 15.3. The van der Waals surface area contributed by atoms with Crippen LogP contribution >= 0.6 is 0 Å². The third kappa shape index (κ3) is 1.16. The molecule has 0 saturated carbocycles. The summed E-state index contributed by atoms with van der Waals surface area (Å²) < 4.78 is 1.90. The summed E-state index contributed by atoms with van der Waals surface area (Å²) in [5.74, 6) is 0.942. The maximum atomic E-state index is 4.35. The molecule has 1 aromatic carbocycles. The zero-order valence-electron chi connectivity index (χ0n) is 8.13. The number of hydrogen-bond donors (Lipinski definition) is 1. The van der Waals surface area contributed by atoms with Crippen LogP contribution in [-0.4, -0.2) is 16.8 Å². The molecule has 2 aromatic rings. The Morgan fingerprint density at radius 2 is 2.15 bits per heavy atom. The zero-order valence-corrected chi connectivity index (χ0v) is 8.13. The van der Waals surface area contributed by atoms with E-state index in [-0.39, 0.29) is 0 Å². The van der Waals surface area contributed by atoms with Gasteiger partial charge < -0.3 is 5.32 Å². The van der Waals surface area contributed by atoms with Crippen molar-refractivity contribution in [3.05, 3.63) is 23.8 Å². The Balaban J connectivity index is 2.80. The van der Waals surface area contributed by atoms with Crippen LogP contribution in [0.2, 0.25) is 0 Å². The molecule has 3 nitrogen and oxygen atoms in total. The van der Waals surface area contributed by atoms with E-state index in [0.717, 1.165) is 5.82 Å². The van der Waals surface area contributed by atoms with Crippen molar-refractivity contribution in [3.8, 4) is 0 Å². The fourth-order valence-corrected chi connectivity index (χ4v) is 1.55. The summed E-state index contributed by atoms with van der Waals surface area (Å²) in [6, 6.07) is 6.34. The summed E-state index contributed by atoms with van der Waals surface area (Å²) >= 11 is 0. The van der Waals surface area contributed by atoms with E-state index in [1.165, 1.54) is 16.5 Å². The van der Waals surface area contributed by atoms with Crippen molar-refractivity contribution in [2.75, 3.05) is 12.4 Å².